The van der Waals surface area contributed by atoms with Gasteiger partial charge < -0.3 is 9.63 Å². The first-order chi connectivity index (χ1) is 8.61. The van der Waals surface area contributed by atoms with Crippen LogP contribution in [0, 0.1) is 6.92 Å². The summed E-state index contributed by atoms with van der Waals surface area (Å²) in [5.74, 6) is 1.32. The molecule has 96 valence electrons. The smallest absolute Gasteiger partial charge is 0.232 e. The lowest BCUT2D eigenvalue weighted by atomic mass is 10.0. The Balaban J connectivity index is 2.25. The molecule has 2 heterocycles. The van der Waals surface area contributed by atoms with Crippen molar-refractivity contribution in [3.63, 3.8) is 0 Å². The van der Waals surface area contributed by atoms with Crippen LogP contribution in [0.3, 0.4) is 0 Å². The Labute approximate surface area is 105 Å². The van der Waals surface area contributed by atoms with Gasteiger partial charge in [-0.15, -0.1) is 0 Å². The molecule has 0 fully saturated rings. The molecule has 0 aliphatic heterocycles. The van der Waals surface area contributed by atoms with Crippen molar-refractivity contribution in [1.82, 2.24) is 20.1 Å². The van der Waals surface area contributed by atoms with Crippen LogP contribution in [0.25, 0.3) is 11.5 Å². The molecule has 0 aliphatic rings. The molecule has 0 radical (unpaired) electrons. The lowest BCUT2D eigenvalue weighted by Crippen LogP contribution is -2.14. The highest BCUT2D eigenvalue weighted by Gasteiger charge is 2.21. The van der Waals surface area contributed by atoms with Crippen molar-refractivity contribution in [1.29, 1.82) is 0 Å². The van der Waals surface area contributed by atoms with Crippen LogP contribution in [-0.2, 0) is 0 Å². The van der Waals surface area contributed by atoms with Crippen molar-refractivity contribution in [2.24, 2.45) is 0 Å². The van der Waals surface area contributed by atoms with Crippen LogP contribution in [0.5, 0.6) is 0 Å². The monoisotopic (exact) mass is 248 g/mol. The summed E-state index contributed by atoms with van der Waals surface area (Å²) >= 11 is 0. The first kappa shape index (κ1) is 12.6. The minimum absolute atomic E-state index is 0.181. The summed E-state index contributed by atoms with van der Waals surface area (Å²) in [7, 11) is 0. The molecule has 2 aromatic rings. The molecule has 0 aliphatic carbocycles. The second kappa shape index (κ2) is 5.22. The molecule has 0 aromatic carbocycles. The van der Waals surface area contributed by atoms with Gasteiger partial charge in [-0.05, 0) is 19.4 Å². The normalized spacial score (nSPS) is 14.4. The van der Waals surface area contributed by atoms with E-state index in [0.29, 0.717) is 29.7 Å². The number of aryl methyl sites for hydroxylation is 1. The van der Waals surface area contributed by atoms with E-state index in [9.17, 15) is 5.11 Å². The lowest BCUT2D eigenvalue weighted by Gasteiger charge is -2.11. The van der Waals surface area contributed by atoms with Crippen LogP contribution >= 0.6 is 0 Å². The summed E-state index contributed by atoms with van der Waals surface area (Å²) < 4.78 is 5.16. The van der Waals surface area contributed by atoms with E-state index in [0.717, 1.165) is 0 Å². The molecule has 2 unspecified atom stereocenters. The van der Waals surface area contributed by atoms with Gasteiger partial charge in [0.25, 0.3) is 0 Å². The Morgan fingerprint density at radius 1 is 1.39 bits per heavy atom. The van der Waals surface area contributed by atoms with Gasteiger partial charge in [0, 0.05) is 6.20 Å². The van der Waals surface area contributed by atoms with Crippen molar-refractivity contribution in [3.8, 4) is 11.5 Å². The molecule has 0 saturated heterocycles. The number of rotatable bonds is 4. The van der Waals surface area contributed by atoms with Gasteiger partial charge in [-0.2, -0.15) is 4.98 Å². The van der Waals surface area contributed by atoms with Gasteiger partial charge in [-0.3, -0.25) is 0 Å². The zero-order valence-corrected chi connectivity index (χ0v) is 10.7. The summed E-state index contributed by atoms with van der Waals surface area (Å²) in [6.07, 6.45) is 1.81. The van der Waals surface area contributed by atoms with Crippen molar-refractivity contribution < 1.29 is 9.63 Å². The molecule has 0 spiro atoms. The Morgan fingerprint density at radius 2 is 2.17 bits per heavy atom. The second-order valence-electron chi connectivity index (χ2n) is 4.21. The third kappa shape index (κ3) is 2.53. The van der Waals surface area contributed by atoms with Gasteiger partial charge in [0.1, 0.15) is 11.5 Å². The molecule has 2 atom stereocenters. The minimum Gasteiger partial charge on any atom is -0.392 e. The highest BCUT2D eigenvalue weighted by molar-refractivity contribution is 5.47. The number of aliphatic hydroxyl groups is 1. The van der Waals surface area contributed by atoms with E-state index in [2.05, 4.69) is 20.1 Å². The Hall–Kier alpha value is -1.82. The van der Waals surface area contributed by atoms with E-state index < -0.39 is 6.10 Å². The van der Waals surface area contributed by atoms with Crippen LogP contribution in [0.2, 0.25) is 0 Å². The van der Waals surface area contributed by atoms with E-state index in [1.165, 1.54) is 0 Å². The third-order valence-electron chi connectivity index (χ3n) is 2.83. The summed E-state index contributed by atoms with van der Waals surface area (Å²) in [4.78, 5) is 12.5. The van der Waals surface area contributed by atoms with Crippen molar-refractivity contribution in [2.45, 2.75) is 39.2 Å². The maximum absolute atomic E-state index is 9.75. The van der Waals surface area contributed by atoms with E-state index in [4.69, 9.17) is 4.52 Å². The van der Waals surface area contributed by atoms with Crippen LogP contribution in [0.15, 0.2) is 16.8 Å². The lowest BCUT2D eigenvalue weighted by molar-refractivity contribution is 0.129. The molecule has 6 heteroatoms. The fraction of sp³-hybridized carbons (Fsp3) is 0.500. The largest absolute Gasteiger partial charge is 0.392 e. The fourth-order valence-corrected chi connectivity index (χ4v) is 1.62. The van der Waals surface area contributed by atoms with Crippen LogP contribution in [-0.4, -0.2) is 31.3 Å². The summed E-state index contributed by atoms with van der Waals surface area (Å²) in [5.41, 5.74) is 0.621. The van der Waals surface area contributed by atoms with E-state index >= 15 is 0 Å². The van der Waals surface area contributed by atoms with Crippen molar-refractivity contribution in [3.05, 3.63) is 24.0 Å². The molecule has 18 heavy (non-hydrogen) atoms. The molecule has 2 rings (SSSR count). The van der Waals surface area contributed by atoms with Crippen molar-refractivity contribution >= 4 is 0 Å². The Morgan fingerprint density at radius 3 is 2.83 bits per heavy atom. The van der Waals surface area contributed by atoms with Crippen LogP contribution < -0.4 is 0 Å². The second-order valence-corrected chi connectivity index (χ2v) is 4.21. The van der Waals surface area contributed by atoms with Gasteiger partial charge in [0.05, 0.1) is 12.0 Å². The van der Waals surface area contributed by atoms with Gasteiger partial charge >= 0.3 is 0 Å². The molecular weight excluding hydrogens is 232 g/mol. The number of nitrogens with zero attached hydrogens (tertiary/aromatic N) is 4. The molecule has 0 amide bonds. The average Bonchev–Trinajstić information content (AvgIpc) is 2.86. The summed E-state index contributed by atoms with van der Waals surface area (Å²) in [6.45, 7) is 5.57. The third-order valence-corrected chi connectivity index (χ3v) is 2.83. The number of hydrogen-bond acceptors (Lipinski definition) is 6. The predicted molar refractivity (Wildman–Crippen MR) is 64.8 cm³/mol. The van der Waals surface area contributed by atoms with E-state index in [-0.39, 0.29) is 5.92 Å². The standard InChI is InChI=1S/C12H16N4O2/c1-4-10(17)7(2)12-15-11(16-18-12)9-5-6-13-8(3)14-9/h5-7,10,17H,4H2,1-3H3. The first-order valence-corrected chi connectivity index (χ1v) is 5.93. The molecule has 0 bridgehead atoms. The van der Waals surface area contributed by atoms with Gasteiger partial charge in [-0.25, -0.2) is 9.97 Å². The zero-order valence-electron chi connectivity index (χ0n) is 10.7. The van der Waals surface area contributed by atoms with E-state index in [1.807, 2.05) is 13.8 Å². The fourth-order valence-electron chi connectivity index (χ4n) is 1.62. The first-order valence-electron chi connectivity index (χ1n) is 5.93. The quantitative estimate of drug-likeness (QED) is 0.886. The number of hydrogen-bond donors (Lipinski definition) is 1. The average molecular weight is 248 g/mol. The van der Waals surface area contributed by atoms with Crippen molar-refractivity contribution in [2.75, 3.05) is 0 Å². The summed E-state index contributed by atoms with van der Waals surface area (Å²) in [6, 6.07) is 1.72. The zero-order chi connectivity index (χ0) is 13.1. The topological polar surface area (TPSA) is 84.9 Å². The maximum atomic E-state index is 9.75. The molecule has 1 N–H and O–H groups in total. The highest BCUT2D eigenvalue weighted by atomic mass is 16.5. The van der Waals surface area contributed by atoms with Gasteiger partial charge in [0.2, 0.25) is 11.7 Å². The van der Waals surface area contributed by atoms with Crippen LogP contribution in [0.1, 0.15) is 37.9 Å². The molecular formula is C12H16N4O2. The highest BCUT2D eigenvalue weighted by Crippen LogP contribution is 2.22. The molecule has 2 aromatic heterocycles. The SMILES string of the molecule is CCC(O)C(C)c1nc(-c2ccnc(C)n2)no1. The predicted octanol–water partition coefficient (Wildman–Crippen LogP) is 1.71. The Bertz CT molecular complexity index is 526. The van der Waals surface area contributed by atoms with Gasteiger partial charge in [-0.1, -0.05) is 19.0 Å². The number of aliphatic hydroxyl groups excluding tert-OH is 1. The molecule has 0 saturated carbocycles. The minimum atomic E-state index is -0.481. The van der Waals surface area contributed by atoms with Crippen LogP contribution in [0.4, 0.5) is 0 Å². The number of aromatic nitrogens is 4. The summed E-state index contributed by atoms with van der Waals surface area (Å²) in [5, 5.41) is 13.6. The Kier molecular flexibility index (Phi) is 3.66. The van der Waals surface area contributed by atoms with E-state index in [1.54, 1.807) is 19.2 Å². The molecule has 6 nitrogen and oxygen atoms in total. The van der Waals surface area contributed by atoms with Gasteiger partial charge in [0.15, 0.2) is 0 Å². The maximum Gasteiger partial charge on any atom is 0.232 e.